The molecule has 0 amide bonds. The molecule has 96 valence electrons. The number of hydrogen-bond donors (Lipinski definition) is 0. The van der Waals surface area contributed by atoms with E-state index in [0.29, 0.717) is 0 Å². The van der Waals surface area contributed by atoms with E-state index in [9.17, 15) is 4.21 Å². The van der Waals surface area contributed by atoms with Crippen LogP contribution in [0.2, 0.25) is 0 Å². The van der Waals surface area contributed by atoms with Crippen molar-refractivity contribution in [3.05, 3.63) is 93.4 Å². The van der Waals surface area contributed by atoms with E-state index in [2.05, 4.69) is 0 Å². The minimum atomic E-state index is -1.02. The van der Waals surface area contributed by atoms with Gasteiger partial charge in [0.1, 0.15) is 0 Å². The molecule has 3 heteroatoms. The van der Waals surface area contributed by atoms with Gasteiger partial charge >= 0.3 is 17.1 Å². The maximum absolute atomic E-state index is 11.8. The van der Waals surface area contributed by atoms with Crippen LogP contribution in [0.1, 0.15) is 0 Å². The summed E-state index contributed by atoms with van der Waals surface area (Å²) in [5.74, 6) is 0. The molecule has 0 spiro atoms. The Labute approximate surface area is 130 Å². The minimum Gasteiger partial charge on any atom is -0.254 e. The SMILES string of the molecule is O=[S@@]([C]1[CH][CH][CH][CH]1)c1ccccc1.[CH]1[CH][CH][CH][CH]1.[Fe+2]. The molecule has 2 aliphatic rings. The molecule has 0 N–H and O–H groups in total. The Kier molecular flexibility index (Phi) is 8.69. The molecular formula is C16H14FeOS+2. The number of rotatable bonds is 2. The number of benzene rings is 1. The Balaban J connectivity index is 0.000000256. The van der Waals surface area contributed by atoms with Crippen LogP contribution in [0.3, 0.4) is 0 Å². The first-order valence-electron chi connectivity index (χ1n) is 5.73. The van der Waals surface area contributed by atoms with Crippen molar-refractivity contribution in [1.82, 2.24) is 0 Å². The van der Waals surface area contributed by atoms with Gasteiger partial charge in [0.25, 0.3) is 0 Å². The van der Waals surface area contributed by atoms with E-state index in [-0.39, 0.29) is 17.1 Å². The second kappa shape index (κ2) is 9.74. The Bertz CT molecular complexity index is 349. The molecule has 0 aromatic heterocycles. The standard InChI is InChI=1S/C11H9OS.C5H5.Fe/c12-13(11-8-4-5-9-11)10-6-2-1-3-7-10;1-2-4-5-3-1;/h1-9H;1-5H;/q;;+2/t13-;;/m1../s1. The largest absolute Gasteiger partial charge is 2.00 e. The van der Waals surface area contributed by atoms with E-state index in [0.717, 1.165) is 10.1 Å². The predicted octanol–water partition coefficient (Wildman–Crippen LogP) is 3.18. The van der Waals surface area contributed by atoms with Gasteiger partial charge in [-0.15, -0.1) is 0 Å². The van der Waals surface area contributed by atoms with Crippen molar-refractivity contribution in [2.45, 2.75) is 4.90 Å². The third-order valence-corrected chi connectivity index (χ3v) is 3.76. The molecule has 0 unspecified atom stereocenters. The third-order valence-electron chi connectivity index (χ3n) is 2.36. The van der Waals surface area contributed by atoms with Crippen LogP contribution in [0, 0.1) is 63.0 Å². The Morgan fingerprint density at radius 1 is 0.684 bits per heavy atom. The molecule has 1 aromatic carbocycles. The third kappa shape index (κ3) is 5.81. The predicted molar refractivity (Wildman–Crippen MR) is 74.8 cm³/mol. The zero-order chi connectivity index (χ0) is 12.6. The van der Waals surface area contributed by atoms with E-state index in [1.165, 1.54) is 0 Å². The maximum Gasteiger partial charge on any atom is 2.00 e. The van der Waals surface area contributed by atoms with Crippen molar-refractivity contribution < 1.29 is 21.3 Å². The summed E-state index contributed by atoms with van der Waals surface area (Å²) in [6.07, 6.45) is 17.6. The van der Waals surface area contributed by atoms with Crippen LogP contribution in [0.15, 0.2) is 35.2 Å². The van der Waals surface area contributed by atoms with Crippen LogP contribution >= 0.6 is 0 Å². The van der Waals surface area contributed by atoms with Gasteiger partial charge in [0.2, 0.25) is 0 Å². The van der Waals surface area contributed by atoms with Gasteiger partial charge in [-0.3, -0.25) is 4.21 Å². The van der Waals surface area contributed by atoms with Gasteiger partial charge in [-0.2, -0.15) is 0 Å². The average molecular weight is 310 g/mol. The Hall–Kier alpha value is -0.111. The van der Waals surface area contributed by atoms with E-state index >= 15 is 0 Å². The molecule has 1 atom stereocenters. The Morgan fingerprint density at radius 2 is 1.16 bits per heavy atom. The average Bonchev–Trinajstić information content (AvgIpc) is 3.14. The van der Waals surface area contributed by atoms with Gasteiger partial charge in [-0.1, -0.05) is 18.2 Å². The van der Waals surface area contributed by atoms with Crippen LogP contribution in [-0.2, 0) is 27.9 Å². The van der Waals surface area contributed by atoms with Crippen LogP contribution < -0.4 is 0 Å². The van der Waals surface area contributed by atoms with Crippen LogP contribution in [-0.4, -0.2) is 4.21 Å². The smallest absolute Gasteiger partial charge is 0.254 e. The molecule has 0 aliphatic heterocycles. The molecule has 19 heavy (non-hydrogen) atoms. The molecule has 1 aromatic rings. The molecule has 2 fully saturated rings. The van der Waals surface area contributed by atoms with E-state index in [4.69, 9.17) is 0 Å². The fourth-order valence-electron chi connectivity index (χ4n) is 1.48. The van der Waals surface area contributed by atoms with Gasteiger partial charge in [0, 0.05) is 4.90 Å². The van der Waals surface area contributed by atoms with Crippen molar-refractivity contribution in [3.8, 4) is 0 Å². The summed E-state index contributed by atoms with van der Waals surface area (Å²) in [7, 11) is -1.02. The molecule has 0 saturated heterocycles. The molecule has 10 radical (unpaired) electrons. The second-order valence-corrected chi connectivity index (χ2v) is 5.14. The summed E-state index contributed by atoms with van der Waals surface area (Å²) in [6.45, 7) is 0. The van der Waals surface area contributed by atoms with Gasteiger partial charge in [-0.25, -0.2) is 0 Å². The minimum absolute atomic E-state index is 0. The van der Waals surface area contributed by atoms with Crippen molar-refractivity contribution in [1.29, 1.82) is 0 Å². The molecule has 2 saturated carbocycles. The zero-order valence-corrected chi connectivity index (χ0v) is 12.2. The van der Waals surface area contributed by atoms with Gasteiger partial charge in [0.15, 0.2) is 0 Å². The summed E-state index contributed by atoms with van der Waals surface area (Å²) < 4.78 is 11.8. The van der Waals surface area contributed by atoms with Crippen molar-refractivity contribution >= 4 is 10.8 Å². The monoisotopic (exact) mass is 310 g/mol. The van der Waals surface area contributed by atoms with Crippen LogP contribution in [0.25, 0.3) is 0 Å². The van der Waals surface area contributed by atoms with Crippen LogP contribution in [0.4, 0.5) is 0 Å². The summed E-state index contributed by atoms with van der Waals surface area (Å²) in [6, 6.07) is 9.48. The van der Waals surface area contributed by atoms with E-state index in [1.807, 2.05) is 88.1 Å². The fourth-order valence-corrected chi connectivity index (χ4v) is 2.56. The molecule has 2 aliphatic carbocycles. The second-order valence-electron chi connectivity index (χ2n) is 3.66. The molecular weight excluding hydrogens is 296 g/mol. The first-order chi connectivity index (χ1) is 8.88. The first kappa shape index (κ1) is 16.9. The first-order valence-corrected chi connectivity index (χ1v) is 6.88. The fraction of sp³-hybridized carbons (Fsp3) is 0. The van der Waals surface area contributed by atoms with Gasteiger partial charge < -0.3 is 0 Å². The van der Waals surface area contributed by atoms with Gasteiger partial charge in [0.05, 0.1) is 16.0 Å². The molecule has 3 rings (SSSR count). The van der Waals surface area contributed by atoms with Crippen molar-refractivity contribution in [3.63, 3.8) is 0 Å². The van der Waals surface area contributed by atoms with E-state index in [1.54, 1.807) is 0 Å². The maximum atomic E-state index is 11.8. The van der Waals surface area contributed by atoms with Crippen molar-refractivity contribution in [2.75, 3.05) is 0 Å². The van der Waals surface area contributed by atoms with Crippen LogP contribution in [0.5, 0.6) is 0 Å². The molecule has 1 nitrogen and oxygen atoms in total. The Morgan fingerprint density at radius 3 is 1.63 bits per heavy atom. The van der Waals surface area contributed by atoms with Crippen molar-refractivity contribution in [2.24, 2.45) is 0 Å². The molecule has 0 bridgehead atoms. The topological polar surface area (TPSA) is 17.1 Å². The summed E-state index contributed by atoms with van der Waals surface area (Å²) >= 11 is 0. The summed E-state index contributed by atoms with van der Waals surface area (Å²) in [5, 5.41) is 0.867. The molecule has 0 heterocycles. The summed E-state index contributed by atoms with van der Waals surface area (Å²) in [4.78, 5) is 0.855. The zero-order valence-electron chi connectivity index (χ0n) is 10.3. The number of hydrogen-bond acceptors (Lipinski definition) is 1. The van der Waals surface area contributed by atoms with Gasteiger partial charge in [-0.05, 0) is 69.9 Å². The normalized spacial score (nSPS) is 20.2. The summed E-state index contributed by atoms with van der Waals surface area (Å²) in [5.41, 5.74) is 0. The van der Waals surface area contributed by atoms with E-state index < -0.39 is 10.8 Å². The quantitative estimate of drug-likeness (QED) is 0.767.